The van der Waals surface area contributed by atoms with Gasteiger partial charge in [-0.2, -0.15) is 0 Å². The van der Waals surface area contributed by atoms with E-state index in [1.54, 1.807) is 36.4 Å². The third kappa shape index (κ3) is 7.02. The highest BCUT2D eigenvalue weighted by Gasteiger charge is 2.45. The Morgan fingerprint density at radius 1 is 0.825 bits per heavy atom. The van der Waals surface area contributed by atoms with Crippen molar-refractivity contribution in [2.24, 2.45) is 0 Å². The molecule has 0 saturated carbocycles. The average Bonchev–Trinajstić information content (AvgIpc) is 2.99. The average molecular weight is 567 g/mol. The van der Waals surface area contributed by atoms with Gasteiger partial charge in [0.15, 0.2) is 35.1 Å². The molecular formula is C28H38O12. The second-order valence-corrected chi connectivity index (χ2v) is 9.17. The molecular weight excluding hydrogens is 528 g/mol. The van der Waals surface area contributed by atoms with Gasteiger partial charge >= 0.3 is 0 Å². The predicted octanol–water partition coefficient (Wildman–Crippen LogP) is 1.26. The first-order chi connectivity index (χ1) is 19.2. The highest BCUT2D eigenvalue weighted by molar-refractivity contribution is 5.96. The zero-order valence-corrected chi connectivity index (χ0v) is 23.2. The SMILES string of the molecule is COc1ccc(C(=O)CC[C@@H](O[C@@H]2O[C@H](CO)[C@@H](O)[C@H](O)[C@H]2O)[C@H](OC)c2ccc(OC)c(OC)c2)cc1OC. The summed E-state index contributed by atoms with van der Waals surface area (Å²) in [6.07, 6.45) is -8.99. The van der Waals surface area contributed by atoms with Crippen molar-refractivity contribution in [2.75, 3.05) is 42.2 Å². The van der Waals surface area contributed by atoms with Gasteiger partial charge in [0.2, 0.25) is 0 Å². The van der Waals surface area contributed by atoms with Crippen LogP contribution in [0.2, 0.25) is 0 Å². The number of carbonyl (C=O) groups is 1. The van der Waals surface area contributed by atoms with E-state index in [1.165, 1.54) is 35.5 Å². The third-order valence-electron chi connectivity index (χ3n) is 6.85. The maximum absolute atomic E-state index is 13.2. The van der Waals surface area contributed by atoms with Crippen molar-refractivity contribution in [1.82, 2.24) is 0 Å². The van der Waals surface area contributed by atoms with Gasteiger partial charge in [0, 0.05) is 19.1 Å². The largest absolute Gasteiger partial charge is 0.493 e. The minimum atomic E-state index is -1.63. The molecule has 3 rings (SSSR count). The predicted molar refractivity (Wildman–Crippen MR) is 141 cm³/mol. The summed E-state index contributed by atoms with van der Waals surface area (Å²) in [5, 5.41) is 40.6. The van der Waals surface area contributed by atoms with Crippen LogP contribution in [0.3, 0.4) is 0 Å². The lowest BCUT2D eigenvalue weighted by molar-refractivity contribution is -0.318. The van der Waals surface area contributed by atoms with Gasteiger partial charge in [-0.15, -0.1) is 0 Å². The first-order valence-electron chi connectivity index (χ1n) is 12.7. The summed E-state index contributed by atoms with van der Waals surface area (Å²) in [4.78, 5) is 13.2. The van der Waals surface area contributed by atoms with E-state index in [-0.39, 0.29) is 18.6 Å². The number of hydrogen-bond acceptors (Lipinski definition) is 12. The number of ketones is 1. The molecule has 1 aliphatic rings. The monoisotopic (exact) mass is 566 g/mol. The lowest BCUT2D eigenvalue weighted by atomic mass is 9.96. The Labute approximate surface area is 232 Å². The number of hydrogen-bond donors (Lipinski definition) is 4. The second kappa shape index (κ2) is 14.6. The molecule has 2 aromatic carbocycles. The van der Waals surface area contributed by atoms with E-state index < -0.39 is 49.5 Å². The quantitative estimate of drug-likeness (QED) is 0.243. The van der Waals surface area contributed by atoms with Gasteiger partial charge in [0.1, 0.15) is 30.5 Å². The zero-order chi connectivity index (χ0) is 29.4. The molecule has 1 heterocycles. The number of carbonyl (C=O) groups excluding carboxylic acids is 1. The van der Waals surface area contributed by atoms with E-state index >= 15 is 0 Å². The van der Waals surface area contributed by atoms with Crippen LogP contribution in [0, 0.1) is 0 Å². The van der Waals surface area contributed by atoms with Crippen molar-refractivity contribution in [3.63, 3.8) is 0 Å². The van der Waals surface area contributed by atoms with Gasteiger partial charge in [0.05, 0.1) is 41.2 Å². The summed E-state index contributed by atoms with van der Waals surface area (Å²) in [7, 11) is 7.44. The third-order valence-corrected chi connectivity index (χ3v) is 6.85. The van der Waals surface area contributed by atoms with Crippen molar-refractivity contribution in [3.05, 3.63) is 47.5 Å². The lowest BCUT2D eigenvalue weighted by Crippen LogP contribution is -2.59. The number of benzene rings is 2. The molecule has 0 aromatic heterocycles. The number of aliphatic hydroxyl groups excluding tert-OH is 4. The molecule has 222 valence electrons. The standard InChI is InChI=1S/C28H38O12/c1-34-18-9-6-15(12-21(18)36-3)17(30)8-11-20(39-28-26(33)25(32)24(31)23(14-29)40-28)27(38-5)16-7-10-19(35-2)22(13-16)37-4/h6-7,9-10,12-13,20,23-29,31-33H,8,11,14H2,1-5H3/t20-,23-,24-,25+,26-,27-,28-/m1/s1. The number of ether oxygens (including phenoxy) is 7. The Morgan fingerprint density at radius 3 is 2.00 bits per heavy atom. The molecule has 0 spiro atoms. The normalized spacial score (nSPS) is 24.2. The number of methoxy groups -OCH3 is 5. The van der Waals surface area contributed by atoms with Crippen LogP contribution >= 0.6 is 0 Å². The summed E-state index contributed by atoms with van der Waals surface area (Å²) in [6, 6.07) is 9.98. The topological polar surface area (TPSA) is 163 Å². The first kappa shape index (κ1) is 31.6. The molecule has 40 heavy (non-hydrogen) atoms. The van der Waals surface area contributed by atoms with Crippen molar-refractivity contribution >= 4 is 5.78 Å². The van der Waals surface area contributed by atoms with Gasteiger partial charge in [-0.1, -0.05) is 6.07 Å². The highest BCUT2D eigenvalue weighted by Crippen LogP contribution is 2.36. The van der Waals surface area contributed by atoms with Gasteiger partial charge in [0.25, 0.3) is 0 Å². The van der Waals surface area contributed by atoms with Crippen LogP contribution in [0.5, 0.6) is 23.0 Å². The fourth-order valence-electron chi connectivity index (χ4n) is 4.60. The molecule has 1 aliphatic heterocycles. The molecule has 0 aliphatic carbocycles. The molecule has 2 aromatic rings. The summed E-state index contributed by atoms with van der Waals surface area (Å²) in [6.45, 7) is -0.614. The fourth-order valence-corrected chi connectivity index (χ4v) is 4.60. The van der Waals surface area contributed by atoms with E-state index in [1.807, 2.05) is 0 Å². The van der Waals surface area contributed by atoms with Crippen molar-refractivity contribution in [2.45, 2.75) is 55.8 Å². The van der Waals surface area contributed by atoms with Gasteiger partial charge in [-0.3, -0.25) is 4.79 Å². The van der Waals surface area contributed by atoms with Crippen LogP contribution in [-0.2, 0) is 14.2 Å². The van der Waals surface area contributed by atoms with Crippen LogP contribution < -0.4 is 18.9 Å². The van der Waals surface area contributed by atoms with Crippen LogP contribution in [0.4, 0.5) is 0 Å². The Kier molecular flexibility index (Phi) is 11.5. The first-order valence-corrected chi connectivity index (χ1v) is 12.7. The van der Waals surface area contributed by atoms with E-state index in [9.17, 15) is 25.2 Å². The summed E-state index contributed by atoms with van der Waals surface area (Å²) >= 11 is 0. The van der Waals surface area contributed by atoms with E-state index in [2.05, 4.69) is 0 Å². The van der Waals surface area contributed by atoms with Crippen LogP contribution in [0.15, 0.2) is 36.4 Å². The smallest absolute Gasteiger partial charge is 0.187 e. The Balaban J connectivity index is 1.91. The number of aliphatic hydroxyl groups is 4. The summed E-state index contributed by atoms with van der Waals surface area (Å²) in [5.74, 6) is 1.61. The van der Waals surface area contributed by atoms with E-state index in [4.69, 9.17) is 33.2 Å². The van der Waals surface area contributed by atoms with Gasteiger partial charge < -0.3 is 53.6 Å². The second-order valence-electron chi connectivity index (χ2n) is 9.17. The molecule has 4 N–H and O–H groups in total. The van der Waals surface area contributed by atoms with Crippen molar-refractivity contribution in [3.8, 4) is 23.0 Å². The van der Waals surface area contributed by atoms with Gasteiger partial charge in [-0.25, -0.2) is 0 Å². The summed E-state index contributed by atoms with van der Waals surface area (Å²) in [5.41, 5.74) is 1.01. The Morgan fingerprint density at radius 2 is 1.43 bits per heavy atom. The molecule has 0 amide bonds. The number of Topliss-reactive ketones (excluding diaryl/α,β-unsaturated/α-hetero) is 1. The maximum atomic E-state index is 13.2. The zero-order valence-electron chi connectivity index (χ0n) is 23.2. The van der Waals surface area contributed by atoms with Gasteiger partial charge in [-0.05, 0) is 42.3 Å². The van der Waals surface area contributed by atoms with E-state index in [0.717, 1.165) is 0 Å². The number of rotatable bonds is 14. The lowest BCUT2D eigenvalue weighted by Gasteiger charge is -2.41. The molecule has 12 nitrogen and oxygen atoms in total. The molecule has 0 radical (unpaired) electrons. The van der Waals surface area contributed by atoms with Crippen LogP contribution in [0.1, 0.15) is 34.9 Å². The van der Waals surface area contributed by atoms with E-state index in [0.29, 0.717) is 34.1 Å². The molecule has 0 bridgehead atoms. The molecule has 12 heteroatoms. The van der Waals surface area contributed by atoms with Crippen LogP contribution in [-0.4, -0.2) is 105 Å². The fraction of sp³-hybridized carbons (Fsp3) is 0.536. The van der Waals surface area contributed by atoms with Crippen LogP contribution in [0.25, 0.3) is 0 Å². The van der Waals surface area contributed by atoms with Crippen molar-refractivity contribution < 1.29 is 58.4 Å². The molecule has 7 atom stereocenters. The van der Waals surface area contributed by atoms with Crippen molar-refractivity contribution in [1.29, 1.82) is 0 Å². The Hall–Kier alpha value is -2.97. The molecule has 1 fully saturated rings. The summed E-state index contributed by atoms with van der Waals surface area (Å²) < 4.78 is 38.8. The minimum absolute atomic E-state index is 0.00468. The molecule has 1 saturated heterocycles. The highest BCUT2D eigenvalue weighted by atomic mass is 16.7. The Bertz CT molecular complexity index is 1110. The maximum Gasteiger partial charge on any atom is 0.187 e. The molecule has 0 unspecified atom stereocenters. The minimum Gasteiger partial charge on any atom is -0.493 e.